The van der Waals surface area contributed by atoms with E-state index in [9.17, 15) is 4.39 Å². The number of halogens is 1. The van der Waals surface area contributed by atoms with Gasteiger partial charge in [0.2, 0.25) is 0 Å². The molecular formula is C20H23FN3+. The molecule has 1 fully saturated rings. The van der Waals surface area contributed by atoms with Crippen molar-refractivity contribution < 1.29 is 9.29 Å². The second-order valence-electron chi connectivity index (χ2n) is 6.66. The number of fused-ring (bicyclic) bond motifs is 1. The lowest BCUT2D eigenvalue weighted by atomic mass is 10.1. The lowest BCUT2D eigenvalue weighted by molar-refractivity contribution is -0.914. The van der Waals surface area contributed by atoms with Gasteiger partial charge in [0, 0.05) is 27.8 Å². The van der Waals surface area contributed by atoms with Gasteiger partial charge in [-0.2, -0.15) is 0 Å². The number of anilines is 1. The van der Waals surface area contributed by atoms with Crippen molar-refractivity contribution in [2.24, 2.45) is 0 Å². The van der Waals surface area contributed by atoms with Gasteiger partial charge in [0.1, 0.15) is 12.4 Å². The maximum atomic E-state index is 13.1. The Balaban J connectivity index is 1.44. The van der Waals surface area contributed by atoms with E-state index in [4.69, 9.17) is 0 Å². The maximum Gasteiger partial charge on any atom is 0.123 e. The van der Waals surface area contributed by atoms with Crippen LogP contribution in [0.5, 0.6) is 0 Å². The van der Waals surface area contributed by atoms with Crippen LogP contribution in [0.25, 0.3) is 10.9 Å². The van der Waals surface area contributed by atoms with Crippen LogP contribution in [0.1, 0.15) is 11.3 Å². The summed E-state index contributed by atoms with van der Waals surface area (Å²) in [6.45, 7) is 7.48. The van der Waals surface area contributed by atoms with E-state index >= 15 is 0 Å². The van der Waals surface area contributed by atoms with Crippen molar-refractivity contribution in [1.29, 1.82) is 0 Å². The van der Waals surface area contributed by atoms with Crippen LogP contribution in [0, 0.1) is 12.7 Å². The smallest absolute Gasteiger partial charge is 0.123 e. The quantitative estimate of drug-likeness (QED) is 0.760. The molecule has 3 aromatic rings. The first kappa shape index (κ1) is 15.2. The highest BCUT2D eigenvalue weighted by molar-refractivity contribution is 5.84. The van der Waals surface area contributed by atoms with E-state index < -0.39 is 0 Å². The Kier molecular flexibility index (Phi) is 3.98. The van der Waals surface area contributed by atoms with Crippen LogP contribution in [0.4, 0.5) is 10.1 Å². The van der Waals surface area contributed by atoms with Gasteiger partial charge >= 0.3 is 0 Å². The Morgan fingerprint density at radius 2 is 1.75 bits per heavy atom. The number of aryl methyl sites for hydroxylation is 1. The van der Waals surface area contributed by atoms with Crippen LogP contribution in [0.2, 0.25) is 0 Å². The summed E-state index contributed by atoms with van der Waals surface area (Å²) in [5, 5.41) is 1.35. The van der Waals surface area contributed by atoms with Crippen LogP contribution in [0.15, 0.2) is 48.5 Å². The van der Waals surface area contributed by atoms with E-state index in [0.29, 0.717) is 0 Å². The Bertz CT molecular complexity index is 830. The predicted molar refractivity (Wildman–Crippen MR) is 96.0 cm³/mol. The van der Waals surface area contributed by atoms with Crippen LogP contribution < -0.4 is 9.80 Å². The molecule has 1 aromatic heterocycles. The fourth-order valence-electron chi connectivity index (χ4n) is 3.72. The van der Waals surface area contributed by atoms with Crippen molar-refractivity contribution in [3.8, 4) is 0 Å². The lowest BCUT2D eigenvalue weighted by Gasteiger charge is -2.33. The van der Waals surface area contributed by atoms with E-state index in [1.54, 1.807) is 17.0 Å². The molecule has 24 heavy (non-hydrogen) atoms. The third-order valence-corrected chi connectivity index (χ3v) is 5.12. The van der Waals surface area contributed by atoms with E-state index in [1.165, 1.54) is 22.2 Å². The molecule has 0 atom stereocenters. The minimum atomic E-state index is -0.169. The summed E-state index contributed by atoms with van der Waals surface area (Å²) in [5.74, 6) is -0.169. The molecule has 3 nitrogen and oxygen atoms in total. The third kappa shape index (κ3) is 2.89. The van der Waals surface area contributed by atoms with E-state index in [0.717, 1.165) is 38.4 Å². The normalized spacial score (nSPS) is 16.0. The highest BCUT2D eigenvalue weighted by Crippen LogP contribution is 2.21. The summed E-state index contributed by atoms with van der Waals surface area (Å²) in [4.78, 5) is 7.46. The fraction of sp³-hybridized carbons (Fsp3) is 0.300. The molecule has 1 aliphatic rings. The van der Waals surface area contributed by atoms with Gasteiger partial charge in [0.25, 0.3) is 0 Å². The summed E-state index contributed by atoms with van der Waals surface area (Å²) in [6.07, 6.45) is 0. The molecule has 2 aromatic carbocycles. The molecule has 4 heteroatoms. The van der Waals surface area contributed by atoms with Crippen LogP contribution in [-0.2, 0) is 6.54 Å². The van der Waals surface area contributed by atoms with E-state index in [1.807, 2.05) is 12.1 Å². The summed E-state index contributed by atoms with van der Waals surface area (Å²) in [5.41, 5.74) is 5.08. The fourth-order valence-corrected chi connectivity index (χ4v) is 3.72. The number of rotatable bonds is 3. The molecule has 2 N–H and O–H groups in total. The van der Waals surface area contributed by atoms with Crippen molar-refractivity contribution >= 4 is 16.6 Å². The molecule has 0 saturated carbocycles. The molecule has 2 heterocycles. The van der Waals surface area contributed by atoms with Gasteiger partial charge in [-0.25, -0.2) is 4.39 Å². The van der Waals surface area contributed by atoms with Crippen molar-refractivity contribution in [3.05, 3.63) is 65.6 Å². The zero-order valence-electron chi connectivity index (χ0n) is 14.0. The average Bonchev–Trinajstić information content (AvgIpc) is 2.92. The Hall–Kier alpha value is -2.33. The molecule has 0 spiro atoms. The summed E-state index contributed by atoms with van der Waals surface area (Å²) in [7, 11) is 0. The Morgan fingerprint density at radius 3 is 2.50 bits per heavy atom. The monoisotopic (exact) mass is 324 g/mol. The van der Waals surface area contributed by atoms with Gasteiger partial charge in [-0.1, -0.05) is 18.2 Å². The van der Waals surface area contributed by atoms with Crippen LogP contribution in [-0.4, -0.2) is 31.2 Å². The van der Waals surface area contributed by atoms with Crippen molar-refractivity contribution in [2.45, 2.75) is 13.5 Å². The predicted octanol–water partition coefficient (Wildman–Crippen LogP) is 2.52. The summed E-state index contributed by atoms with van der Waals surface area (Å²) >= 11 is 0. The highest BCUT2D eigenvalue weighted by atomic mass is 19.1. The van der Waals surface area contributed by atoms with Gasteiger partial charge in [0.15, 0.2) is 0 Å². The molecule has 0 bridgehead atoms. The molecule has 0 aliphatic carbocycles. The second-order valence-corrected chi connectivity index (χ2v) is 6.66. The van der Waals surface area contributed by atoms with Crippen molar-refractivity contribution in [2.75, 3.05) is 31.1 Å². The number of H-pyrrole nitrogens is 1. The molecule has 0 unspecified atom stereocenters. The number of hydrogen-bond acceptors (Lipinski definition) is 1. The number of aromatic amines is 1. The molecule has 0 radical (unpaired) electrons. The van der Waals surface area contributed by atoms with Crippen molar-refractivity contribution in [1.82, 2.24) is 4.98 Å². The minimum Gasteiger partial charge on any atom is -0.360 e. The number of hydrogen-bond donors (Lipinski definition) is 2. The number of para-hydroxylation sites is 1. The number of piperazine rings is 1. The van der Waals surface area contributed by atoms with Gasteiger partial charge in [0.05, 0.1) is 26.2 Å². The molecule has 1 aliphatic heterocycles. The number of nitrogens with zero attached hydrogens (tertiary/aromatic N) is 1. The zero-order chi connectivity index (χ0) is 16.5. The zero-order valence-corrected chi connectivity index (χ0v) is 14.0. The number of benzene rings is 2. The number of nitrogens with one attached hydrogen (secondary N) is 2. The minimum absolute atomic E-state index is 0.169. The summed E-state index contributed by atoms with van der Waals surface area (Å²) in [6, 6.07) is 15.4. The maximum absolute atomic E-state index is 13.1. The first-order valence-corrected chi connectivity index (χ1v) is 8.61. The standard InChI is InChI=1S/C20H22FN3/c1-15-19(18-4-2-3-5-20(18)22-15)14-23-10-12-24(13-11-23)17-8-6-16(21)7-9-17/h2-9,22H,10-14H2,1H3/p+1. The summed E-state index contributed by atoms with van der Waals surface area (Å²) < 4.78 is 13.1. The SMILES string of the molecule is Cc1[nH]c2ccccc2c1C[NH+]1CCN(c2ccc(F)cc2)CC1. The Morgan fingerprint density at radius 1 is 1.04 bits per heavy atom. The molecule has 0 amide bonds. The Labute approximate surface area is 141 Å². The van der Waals surface area contributed by atoms with Crippen LogP contribution >= 0.6 is 0 Å². The van der Waals surface area contributed by atoms with Gasteiger partial charge in [-0.05, 0) is 37.3 Å². The average molecular weight is 324 g/mol. The number of quaternary nitrogens is 1. The van der Waals surface area contributed by atoms with Gasteiger partial charge in [-0.3, -0.25) is 0 Å². The van der Waals surface area contributed by atoms with Gasteiger partial charge in [-0.15, -0.1) is 0 Å². The van der Waals surface area contributed by atoms with E-state index in [-0.39, 0.29) is 5.82 Å². The van der Waals surface area contributed by atoms with Crippen LogP contribution in [0.3, 0.4) is 0 Å². The second kappa shape index (κ2) is 6.29. The molecule has 124 valence electrons. The molecular weight excluding hydrogens is 301 g/mol. The lowest BCUT2D eigenvalue weighted by Crippen LogP contribution is -3.13. The van der Waals surface area contributed by atoms with Crippen molar-refractivity contribution in [3.63, 3.8) is 0 Å². The van der Waals surface area contributed by atoms with Gasteiger partial charge < -0.3 is 14.8 Å². The largest absolute Gasteiger partial charge is 0.360 e. The molecule has 1 saturated heterocycles. The van der Waals surface area contributed by atoms with E-state index in [2.05, 4.69) is 41.1 Å². The molecule has 4 rings (SSSR count). The number of aromatic nitrogens is 1. The highest BCUT2D eigenvalue weighted by Gasteiger charge is 2.22. The third-order valence-electron chi connectivity index (χ3n) is 5.12. The first-order valence-electron chi connectivity index (χ1n) is 8.61. The first-order chi connectivity index (χ1) is 11.7. The topological polar surface area (TPSA) is 23.5 Å².